The van der Waals surface area contributed by atoms with Crippen LogP contribution in [0.5, 0.6) is 0 Å². The Labute approximate surface area is 180 Å². The SMILES string of the molecule is Cc1ccccc1NS(=O)(=O)c1cc(-c2c(C)nn3c2NC(=O)CCC3=O)ccc1C. The molecule has 8 nitrogen and oxygen atoms in total. The van der Waals surface area contributed by atoms with Gasteiger partial charge in [-0.25, -0.2) is 8.42 Å². The summed E-state index contributed by atoms with van der Waals surface area (Å²) in [5, 5.41) is 7.02. The Kier molecular flexibility index (Phi) is 5.14. The third-order valence-electron chi connectivity index (χ3n) is 5.28. The molecule has 9 heteroatoms. The van der Waals surface area contributed by atoms with E-state index in [1.807, 2.05) is 19.1 Å². The number of nitrogens with zero attached hydrogens (tertiary/aromatic N) is 2. The fraction of sp³-hybridized carbons (Fsp3) is 0.227. The summed E-state index contributed by atoms with van der Waals surface area (Å²) in [6, 6.07) is 12.1. The predicted molar refractivity (Wildman–Crippen MR) is 118 cm³/mol. The molecule has 2 N–H and O–H groups in total. The number of carbonyl (C=O) groups is 2. The molecule has 2 aromatic carbocycles. The molecule has 0 atom stereocenters. The highest BCUT2D eigenvalue weighted by Gasteiger charge is 2.27. The van der Waals surface area contributed by atoms with Crippen LogP contribution in [0.2, 0.25) is 0 Å². The number of fused-ring (bicyclic) bond motifs is 1. The van der Waals surface area contributed by atoms with Crippen LogP contribution < -0.4 is 10.0 Å². The zero-order valence-corrected chi connectivity index (χ0v) is 18.2. The van der Waals surface area contributed by atoms with Crippen LogP contribution in [-0.2, 0) is 14.8 Å². The lowest BCUT2D eigenvalue weighted by atomic mass is 10.0. The van der Waals surface area contributed by atoms with Gasteiger partial charge in [0.1, 0.15) is 5.82 Å². The van der Waals surface area contributed by atoms with Gasteiger partial charge in [-0.3, -0.25) is 14.3 Å². The Bertz CT molecular complexity index is 1330. The first-order valence-electron chi connectivity index (χ1n) is 9.79. The summed E-state index contributed by atoms with van der Waals surface area (Å²) >= 11 is 0. The molecule has 0 unspecified atom stereocenters. The van der Waals surface area contributed by atoms with Crippen molar-refractivity contribution in [3.8, 4) is 11.1 Å². The molecule has 0 bridgehead atoms. The van der Waals surface area contributed by atoms with E-state index in [1.165, 1.54) is 4.68 Å². The van der Waals surface area contributed by atoms with Crippen molar-refractivity contribution in [1.82, 2.24) is 9.78 Å². The fourth-order valence-corrected chi connectivity index (χ4v) is 5.02. The van der Waals surface area contributed by atoms with Crippen molar-refractivity contribution in [2.45, 2.75) is 38.5 Å². The largest absolute Gasteiger partial charge is 0.310 e. The Morgan fingerprint density at radius 1 is 1.00 bits per heavy atom. The lowest BCUT2D eigenvalue weighted by Crippen LogP contribution is -2.15. The number of amides is 1. The topological polar surface area (TPSA) is 110 Å². The van der Waals surface area contributed by atoms with Gasteiger partial charge in [0.25, 0.3) is 10.0 Å². The molecule has 0 spiro atoms. The smallest absolute Gasteiger partial charge is 0.262 e. The van der Waals surface area contributed by atoms with Crippen molar-refractivity contribution in [1.29, 1.82) is 0 Å². The zero-order chi connectivity index (χ0) is 22.3. The van der Waals surface area contributed by atoms with Crippen LogP contribution in [0.25, 0.3) is 11.1 Å². The first-order valence-corrected chi connectivity index (χ1v) is 11.3. The molecule has 4 rings (SSSR count). The molecular weight excluding hydrogens is 416 g/mol. The van der Waals surface area contributed by atoms with E-state index < -0.39 is 10.0 Å². The van der Waals surface area contributed by atoms with Gasteiger partial charge >= 0.3 is 0 Å². The highest BCUT2D eigenvalue weighted by molar-refractivity contribution is 7.92. The molecule has 0 aliphatic carbocycles. The van der Waals surface area contributed by atoms with E-state index in [4.69, 9.17) is 0 Å². The molecule has 160 valence electrons. The highest BCUT2D eigenvalue weighted by Crippen LogP contribution is 2.35. The summed E-state index contributed by atoms with van der Waals surface area (Å²) in [6.07, 6.45) is 0.141. The molecule has 1 aliphatic rings. The van der Waals surface area contributed by atoms with Crippen molar-refractivity contribution in [2.75, 3.05) is 10.0 Å². The Morgan fingerprint density at radius 3 is 2.48 bits per heavy atom. The Morgan fingerprint density at radius 2 is 1.74 bits per heavy atom. The molecule has 3 aromatic rings. The van der Waals surface area contributed by atoms with Gasteiger partial charge in [0.15, 0.2) is 0 Å². The van der Waals surface area contributed by atoms with E-state index in [9.17, 15) is 18.0 Å². The minimum absolute atomic E-state index is 0.0628. The monoisotopic (exact) mass is 438 g/mol. The average Bonchev–Trinajstić information content (AvgIpc) is 2.97. The number of hydrogen-bond acceptors (Lipinski definition) is 5. The van der Waals surface area contributed by atoms with Crippen molar-refractivity contribution in [2.24, 2.45) is 0 Å². The fourth-order valence-electron chi connectivity index (χ4n) is 3.62. The van der Waals surface area contributed by atoms with Crippen molar-refractivity contribution in [3.63, 3.8) is 0 Å². The lowest BCUT2D eigenvalue weighted by molar-refractivity contribution is -0.116. The van der Waals surface area contributed by atoms with Crippen LogP contribution in [0.4, 0.5) is 11.5 Å². The molecule has 0 radical (unpaired) electrons. The van der Waals surface area contributed by atoms with E-state index in [0.717, 1.165) is 5.56 Å². The molecule has 2 heterocycles. The minimum Gasteiger partial charge on any atom is -0.310 e. The van der Waals surface area contributed by atoms with Crippen LogP contribution in [0.15, 0.2) is 47.4 Å². The van der Waals surface area contributed by atoms with E-state index >= 15 is 0 Å². The number of rotatable bonds is 4. The standard InChI is InChI=1S/C22H22N4O4S/c1-13-6-4-5-7-17(13)25-31(29,30)18-12-16(9-8-14(18)2)21-15(3)24-26-20(28)11-10-19(27)23-22(21)26/h4-9,12,25H,10-11H2,1-3H3,(H,23,27). The van der Waals surface area contributed by atoms with Crippen molar-refractivity contribution < 1.29 is 18.0 Å². The number of aryl methyl sites for hydroxylation is 3. The Hall–Kier alpha value is -3.46. The van der Waals surface area contributed by atoms with Gasteiger partial charge in [-0.15, -0.1) is 0 Å². The van der Waals surface area contributed by atoms with Crippen molar-refractivity contribution in [3.05, 3.63) is 59.3 Å². The second kappa shape index (κ2) is 7.66. The van der Waals surface area contributed by atoms with Crippen LogP contribution in [0, 0.1) is 20.8 Å². The number of anilines is 2. The first kappa shape index (κ1) is 20.8. The number of aromatic nitrogens is 2. The first-order chi connectivity index (χ1) is 14.7. The lowest BCUT2D eigenvalue weighted by Gasteiger charge is -2.14. The molecule has 31 heavy (non-hydrogen) atoms. The molecule has 1 aromatic heterocycles. The molecular formula is C22H22N4O4S. The Balaban J connectivity index is 1.82. The number of carbonyl (C=O) groups excluding carboxylic acids is 2. The number of nitrogens with one attached hydrogen (secondary N) is 2. The van der Waals surface area contributed by atoms with Gasteiger partial charge in [0, 0.05) is 18.4 Å². The second-order valence-corrected chi connectivity index (χ2v) is 9.21. The highest BCUT2D eigenvalue weighted by atomic mass is 32.2. The van der Waals surface area contributed by atoms with E-state index in [2.05, 4.69) is 15.1 Å². The maximum absolute atomic E-state index is 13.2. The maximum atomic E-state index is 13.2. The summed E-state index contributed by atoms with van der Waals surface area (Å²) < 4.78 is 30.2. The van der Waals surface area contributed by atoms with Crippen LogP contribution >= 0.6 is 0 Å². The van der Waals surface area contributed by atoms with E-state index in [1.54, 1.807) is 44.2 Å². The van der Waals surface area contributed by atoms with E-state index in [0.29, 0.717) is 28.1 Å². The minimum atomic E-state index is -3.87. The van der Waals surface area contributed by atoms with E-state index in [-0.39, 0.29) is 35.4 Å². The molecule has 0 saturated carbocycles. The van der Waals surface area contributed by atoms with Gasteiger partial charge in [-0.05, 0) is 49.6 Å². The summed E-state index contributed by atoms with van der Waals surface area (Å²) in [7, 11) is -3.87. The molecule has 1 amide bonds. The van der Waals surface area contributed by atoms with Crippen LogP contribution in [0.1, 0.15) is 34.5 Å². The maximum Gasteiger partial charge on any atom is 0.262 e. The number of sulfonamides is 1. The molecule has 1 aliphatic heterocycles. The second-order valence-electron chi connectivity index (χ2n) is 7.56. The zero-order valence-electron chi connectivity index (χ0n) is 17.4. The van der Waals surface area contributed by atoms with Crippen LogP contribution in [0.3, 0.4) is 0 Å². The quantitative estimate of drug-likeness (QED) is 0.646. The number of para-hydroxylation sites is 1. The van der Waals surface area contributed by atoms with Crippen LogP contribution in [-0.4, -0.2) is 30.0 Å². The third-order valence-corrected chi connectivity index (χ3v) is 6.78. The third kappa shape index (κ3) is 3.84. The van der Waals surface area contributed by atoms with Gasteiger partial charge in [0.2, 0.25) is 11.8 Å². The normalized spacial score (nSPS) is 14.0. The molecule has 0 fully saturated rings. The summed E-state index contributed by atoms with van der Waals surface area (Å²) in [4.78, 5) is 24.6. The van der Waals surface area contributed by atoms with Gasteiger partial charge < -0.3 is 5.32 Å². The molecule has 0 saturated heterocycles. The van der Waals surface area contributed by atoms with Crippen molar-refractivity contribution >= 4 is 33.3 Å². The predicted octanol–water partition coefficient (Wildman–Crippen LogP) is 3.65. The average molecular weight is 439 g/mol. The summed E-state index contributed by atoms with van der Waals surface area (Å²) in [5.74, 6) is -0.303. The number of benzene rings is 2. The number of hydrogen-bond donors (Lipinski definition) is 2. The van der Waals surface area contributed by atoms with Gasteiger partial charge in [-0.2, -0.15) is 9.78 Å². The van der Waals surface area contributed by atoms with Gasteiger partial charge in [0.05, 0.1) is 16.3 Å². The summed E-state index contributed by atoms with van der Waals surface area (Å²) in [6.45, 7) is 5.26. The summed E-state index contributed by atoms with van der Waals surface area (Å²) in [5.41, 5.74) is 3.46. The van der Waals surface area contributed by atoms with Gasteiger partial charge in [-0.1, -0.05) is 30.3 Å².